The topological polar surface area (TPSA) is 55.1 Å². The maximum absolute atomic E-state index is 13.4. The smallest absolute Gasteiger partial charge is 0.236 e. The van der Waals surface area contributed by atoms with Crippen LogP contribution in [-0.2, 0) is 4.79 Å². The number of halogens is 1. The Hall–Kier alpha value is -1.49. The summed E-state index contributed by atoms with van der Waals surface area (Å²) in [6.07, 6.45) is 0. The zero-order valence-corrected chi connectivity index (χ0v) is 10.8. The second kappa shape index (κ2) is 4.79. The van der Waals surface area contributed by atoms with Gasteiger partial charge in [0.15, 0.2) is 0 Å². The minimum Gasteiger partial charge on any atom is -0.392 e. The number of thiocarbonyl (C=S) groups is 1. The van der Waals surface area contributed by atoms with E-state index in [1.165, 1.54) is 6.07 Å². The van der Waals surface area contributed by atoms with Gasteiger partial charge >= 0.3 is 0 Å². The highest BCUT2D eigenvalue weighted by molar-refractivity contribution is 7.80. The monoisotopic (exact) mass is 254 g/mol. The Morgan fingerprint density at radius 3 is 2.59 bits per heavy atom. The summed E-state index contributed by atoms with van der Waals surface area (Å²) >= 11 is 4.81. The molecule has 0 saturated carbocycles. The Kier molecular flexibility index (Phi) is 3.83. The molecule has 3 N–H and O–H groups in total. The summed E-state index contributed by atoms with van der Waals surface area (Å²) in [5.41, 5.74) is 5.46. The van der Waals surface area contributed by atoms with Crippen molar-refractivity contribution in [3.63, 3.8) is 0 Å². The molecule has 1 rings (SSSR count). The Bertz CT molecular complexity index is 472. The second-order valence-electron chi connectivity index (χ2n) is 4.43. The minimum absolute atomic E-state index is 0.0723. The lowest BCUT2D eigenvalue weighted by atomic mass is 9.92. The van der Waals surface area contributed by atoms with Gasteiger partial charge in [0.25, 0.3) is 0 Å². The summed E-state index contributed by atoms with van der Waals surface area (Å²) in [7, 11) is 0. The number of carbonyl (C=O) groups is 1. The van der Waals surface area contributed by atoms with E-state index in [1.807, 2.05) is 6.92 Å². The number of aryl methyl sites for hydroxylation is 1. The second-order valence-corrected chi connectivity index (χ2v) is 4.87. The van der Waals surface area contributed by atoms with Crippen molar-refractivity contribution in [3.8, 4) is 0 Å². The van der Waals surface area contributed by atoms with Gasteiger partial charge in [0.2, 0.25) is 5.91 Å². The van der Waals surface area contributed by atoms with Crippen molar-refractivity contribution < 1.29 is 9.18 Å². The molecule has 17 heavy (non-hydrogen) atoms. The third-order valence-electron chi connectivity index (χ3n) is 2.55. The van der Waals surface area contributed by atoms with Gasteiger partial charge in [-0.15, -0.1) is 0 Å². The number of hydrogen-bond acceptors (Lipinski definition) is 2. The average Bonchev–Trinajstić information content (AvgIpc) is 2.23. The van der Waals surface area contributed by atoms with E-state index in [2.05, 4.69) is 5.32 Å². The fourth-order valence-corrected chi connectivity index (χ4v) is 1.22. The lowest BCUT2D eigenvalue weighted by Crippen LogP contribution is -2.41. The lowest BCUT2D eigenvalue weighted by Gasteiger charge is -2.22. The molecule has 3 nitrogen and oxygen atoms in total. The molecule has 0 aromatic heterocycles. The molecule has 1 amide bonds. The van der Waals surface area contributed by atoms with Crippen LogP contribution in [0.2, 0.25) is 0 Å². The number of rotatable bonds is 3. The Morgan fingerprint density at radius 2 is 2.06 bits per heavy atom. The van der Waals surface area contributed by atoms with Crippen molar-refractivity contribution in [2.24, 2.45) is 11.1 Å². The fourth-order valence-electron chi connectivity index (χ4n) is 1.13. The molecule has 0 bridgehead atoms. The van der Waals surface area contributed by atoms with Crippen LogP contribution in [0.4, 0.5) is 10.1 Å². The van der Waals surface area contributed by atoms with E-state index in [0.717, 1.165) is 5.56 Å². The normalized spacial score (nSPS) is 11.1. The molecule has 0 aliphatic heterocycles. The van der Waals surface area contributed by atoms with Gasteiger partial charge in [-0.25, -0.2) is 4.39 Å². The molecular formula is C12H15FN2OS. The van der Waals surface area contributed by atoms with Crippen LogP contribution < -0.4 is 11.1 Å². The molecule has 0 unspecified atom stereocenters. The van der Waals surface area contributed by atoms with E-state index in [9.17, 15) is 9.18 Å². The van der Waals surface area contributed by atoms with Gasteiger partial charge in [-0.3, -0.25) is 4.79 Å². The number of hydrogen-bond donors (Lipinski definition) is 2. The first kappa shape index (κ1) is 13.6. The van der Waals surface area contributed by atoms with Crippen molar-refractivity contribution in [2.75, 3.05) is 5.32 Å². The minimum atomic E-state index is -1.01. The van der Waals surface area contributed by atoms with E-state index in [1.54, 1.807) is 26.0 Å². The largest absolute Gasteiger partial charge is 0.392 e. The van der Waals surface area contributed by atoms with Gasteiger partial charge in [-0.05, 0) is 38.5 Å². The third kappa shape index (κ3) is 3.00. The highest BCUT2D eigenvalue weighted by atomic mass is 32.1. The summed E-state index contributed by atoms with van der Waals surface area (Å²) in [4.78, 5) is 12.0. The Morgan fingerprint density at radius 1 is 1.47 bits per heavy atom. The summed E-state index contributed by atoms with van der Waals surface area (Å²) in [6.45, 7) is 5.00. The molecule has 92 valence electrons. The number of benzene rings is 1. The van der Waals surface area contributed by atoms with E-state index in [0.29, 0.717) is 0 Å². The number of anilines is 1. The van der Waals surface area contributed by atoms with Gasteiger partial charge < -0.3 is 11.1 Å². The zero-order valence-electron chi connectivity index (χ0n) is 10.0. The maximum Gasteiger partial charge on any atom is 0.236 e. The molecule has 1 aromatic carbocycles. The standard InChI is InChI=1S/C12H15FN2OS/c1-7-4-5-8(13)9(6-7)15-11(16)12(2,3)10(14)17/h4-6H,1-3H3,(H2,14,17)(H,15,16). The van der Waals surface area contributed by atoms with Gasteiger partial charge in [-0.2, -0.15) is 0 Å². The van der Waals surface area contributed by atoms with Crippen LogP contribution in [0.1, 0.15) is 19.4 Å². The molecule has 5 heteroatoms. The number of nitrogens with one attached hydrogen (secondary N) is 1. The van der Waals surface area contributed by atoms with E-state index >= 15 is 0 Å². The highest BCUT2D eigenvalue weighted by Crippen LogP contribution is 2.21. The van der Waals surface area contributed by atoms with E-state index in [-0.39, 0.29) is 10.7 Å². The van der Waals surface area contributed by atoms with Gasteiger partial charge in [0, 0.05) is 0 Å². The average molecular weight is 254 g/mol. The fraction of sp³-hybridized carbons (Fsp3) is 0.333. The number of carbonyl (C=O) groups excluding carboxylic acids is 1. The van der Waals surface area contributed by atoms with Crippen molar-refractivity contribution in [2.45, 2.75) is 20.8 Å². The SMILES string of the molecule is Cc1ccc(F)c(NC(=O)C(C)(C)C(N)=S)c1. The summed E-state index contributed by atoms with van der Waals surface area (Å²) < 4.78 is 13.4. The molecule has 0 aliphatic carbocycles. The van der Waals surface area contributed by atoms with Crippen LogP contribution in [-0.4, -0.2) is 10.9 Å². The van der Waals surface area contributed by atoms with Gasteiger partial charge in [0.1, 0.15) is 5.82 Å². The molecule has 0 spiro atoms. The molecule has 0 fully saturated rings. The number of nitrogens with two attached hydrogens (primary N) is 1. The van der Waals surface area contributed by atoms with Crippen molar-refractivity contribution >= 4 is 28.8 Å². The van der Waals surface area contributed by atoms with Crippen LogP contribution in [0, 0.1) is 18.2 Å². The summed E-state index contributed by atoms with van der Waals surface area (Å²) in [5.74, 6) is -0.905. The summed E-state index contributed by atoms with van der Waals surface area (Å²) in [6, 6.07) is 4.49. The van der Waals surface area contributed by atoms with Crippen LogP contribution >= 0.6 is 12.2 Å². The predicted molar refractivity (Wildman–Crippen MR) is 70.3 cm³/mol. The highest BCUT2D eigenvalue weighted by Gasteiger charge is 2.31. The van der Waals surface area contributed by atoms with Gasteiger partial charge in [0.05, 0.1) is 16.1 Å². The molecule has 0 atom stereocenters. The first-order valence-corrected chi connectivity index (χ1v) is 5.53. The molecule has 0 radical (unpaired) electrons. The quantitative estimate of drug-likeness (QED) is 0.814. The van der Waals surface area contributed by atoms with E-state index < -0.39 is 17.1 Å². The van der Waals surface area contributed by atoms with Crippen LogP contribution in [0.3, 0.4) is 0 Å². The Balaban J connectivity index is 2.96. The molecule has 1 aromatic rings. The first-order chi connectivity index (χ1) is 7.75. The van der Waals surface area contributed by atoms with Crippen molar-refractivity contribution in [1.29, 1.82) is 0 Å². The molecule has 0 saturated heterocycles. The maximum atomic E-state index is 13.4. The number of amides is 1. The zero-order chi connectivity index (χ0) is 13.2. The van der Waals surface area contributed by atoms with Crippen molar-refractivity contribution in [3.05, 3.63) is 29.6 Å². The van der Waals surface area contributed by atoms with Crippen LogP contribution in [0.15, 0.2) is 18.2 Å². The predicted octanol–water partition coefficient (Wildman–Crippen LogP) is 2.38. The molecule has 0 heterocycles. The van der Waals surface area contributed by atoms with E-state index in [4.69, 9.17) is 18.0 Å². The van der Waals surface area contributed by atoms with Crippen LogP contribution in [0.25, 0.3) is 0 Å². The summed E-state index contributed by atoms with van der Waals surface area (Å²) in [5, 5.41) is 2.49. The van der Waals surface area contributed by atoms with Crippen LogP contribution in [0.5, 0.6) is 0 Å². The molecular weight excluding hydrogens is 239 g/mol. The molecule has 0 aliphatic rings. The van der Waals surface area contributed by atoms with Gasteiger partial charge in [-0.1, -0.05) is 18.3 Å². The Labute approximate surface area is 105 Å². The lowest BCUT2D eigenvalue weighted by molar-refractivity contribution is -0.121. The third-order valence-corrected chi connectivity index (χ3v) is 3.06. The first-order valence-electron chi connectivity index (χ1n) is 5.12. The van der Waals surface area contributed by atoms with Crippen molar-refractivity contribution in [1.82, 2.24) is 0 Å².